The van der Waals surface area contributed by atoms with E-state index in [1.54, 1.807) is 0 Å². The van der Waals surface area contributed by atoms with Crippen LogP contribution in [0.15, 0.2) is 0 Å². The van der Waals surface area contributed by atoms with Crippen molar-refractivity contribution in [2.45, 2.75) is 25.9 Å². The summed E-state index contributed by atoms with van der Waals surface area (Å²) >= 11 is -0.0310. The monoisotopic (exact) mass is 134 g/mol. The molecule has 0 spiro atoms. The Kier molecular flexibility index (Phi) is 2.20. The highest BCUT2D eigenvalue weighted by molar-refractivity contribution is 8.12. The second-order valence-corrected chi connectivity index (χ2v) is 4.32. The lowest BCUT2D eigenvalue weighted by Gasteiger charge is -2.27. The molecule has 2 heteroatoms. The minimum Gasteiger partial charge on any atom is -0.337 e. The summed E-state index contributed by atoms with van der Waals surface area (Å²) in [4.78, 5) is 0. The van der Waals surface area contributed by atoms with Crippen molar-refractivity contribution in [1.29, 1.82) is 0 Å². The fraction of sp³-hybridized carbons (Fsp3) is 1.00. The third kappa shape index (κ3) is 1.67. The molecule has 0 aromatic heterocycles. The largest absolute Gasteiger partial charge is 0.337 e. The SMILES string of the molecule is CC1CCC[SH](C)O1. The maximum absolute atomic E-state index is 5.55. The lowest BCUT2D eigenvalue weighted by molar-refractivity contribution is 0.231. The first-order valence-corrected chi connectivity index (χ1v) is 5.06. The van der Waals surface area contributed by atoms with Crippen LogP contribution in [-0.4, -0.2) is 18.1 Å². The fourth-order valence-corrected chi connectivity index (χ4v) is 2.47. The Hall–Kier alpha value is 0.310. The molecule has 0 radical (unpaired) electrons. The molecule has 0 N–H and O–H groups in total. The second-order valence-electron chi connectivity index (χ2n) is 2.41. The Morgan fingerprint density at radius 3 is 2.75 bits per heavy atom. The summed E-state index contributed by atoms with van der Waals surface area (Å²) in [5.41, 5.74) is 0. The molecule has 0 aromatic carbocycles. The van der Waals surface area contributed by atoms with Gasteiger partial charge in [-0.1, -0.05) is 0 Å². The third-order valence-electron chi connectivity index (χ3n) is 1.44. The molecule has 0 amide bonds. The van der Waals surface area contributed by atoms with Crippen molar-refractivity contribution in [2.75, 3.05) is 12.0 Å². The van der Waals surface area contributed by atoms with Gasteiger partial charge in [0.2, 0.25) is 0 Å². The van der Waals surface area contributed by atoms with E-state index in [1.165, 1.54) is 18.6 Å². The zero-order valence-electron chi connectivity index (χ0n) is 5.55. The predicted octanol–water partition coefficient (Wildman–Crippen LogP) is 1.73. The van der Waals surface area contributed by atoms with E-state index in [0.29, 0.717) is 6.10 Å². The maximum Gasteiger partial charge on any atom is 0.0670 e. The van der Waals surface area contributed by atoms with Crippen LogP contribution in [0.3, 0.4) is 0 Å². The van der Waals surface area contributed by atoms with E-state index < -0.39 is 0 Å². The highest BCUT2D eigenvalue weighted by Crippen LogP contribution is 2.31. The Balaban J connectivity index is 2.23. The van der Waals surface area contributed by atoms with Gasteiger partial charge in [-0.15, -0.1) is 0 Å². The molecule has 1 aliphatic heterocycles. The Labute approximate surface area is 54.0 Å². The van der Waals surface area contributed by atoms with Crippen molar-refractivity contribution in [3.05, 3.63) is 0 Å². The van der Waals surface area contributed by atoms with Crippen LogP contribution in [0.5, 0.6) is 0 Å². The summed E-state index contributed by atoms with van der Waals surface area (Å²) in [7, 11) is 0. The summed E-state index contributed by atoms with van der Waals surface area (Å²) in [6.07, 6.45) is 5.40. The first-order chi connectivity index (χ1) is 3.79. The van der Waals surface area contributed by atoms with Crippen LogP contribution in [0, 0.1) is 0 Å². The van der Waals surface area contributed by atoms with Gasteiger partial charge in [0.15, 0.2) is 0 Å². The van der Waals surface area contributed by atoms with Gasteiger partial charge in [0.1, 0.15) is 0 Å². The molecule has 1 nitrogen and oxygen atoms in total. The molecule has 1 fully saturated rings. The van der Waals surface area contributed by atoms with Crippen molar-refractivity contribution in [2.24, 2.45) is 0 Å². The van der Waals surface area contributed by atoms with Crippen molar-refractivity contribution in [3.63, 3.8) is 0 Å². The average Bonchev–Trinajstić information content (AvgIpc) is 1.64. The summed E-state index contributed by atoms with van der Waals surface area (Å²) in [6.45, 7) is 2.16. The van der Waals surface area contributed by atoms with Crippen LogP contribution in [0.25, 0.3) is 0 Å². The average molecular weight is 134 g/mol. The van der Waals surface area contributed by atoms with Gasteiger partial charge in [-0.05, 0) is 31.8 Å². The molecular weight excluding hydrogens is 120 g/mol. The summed E-state index contributed by atoms with van der Waals surface area (Å²) in [6, 6.07) is 0. The van der Waals surface area contributed by atoms with E-state index in [1.807, 2.05) is 0 Å². The Morgan fingerprint density at radius 1 is 1.62 bits per heavy atom. The number of hydrogen-bond donors (Lipinski definition) is 1. The first-order valence-electron chi connectivity index (χ1n) is 3.17. The normalized spacial score (nSPS) is 44.2. The van der Waals surface area contributed by atoms with Gasteiger partial charge in [-0.25, -0.2) is 0 Å². The van der Waals surface area contributed by atoms with Gasteiger partial charge in [0, 0.05) is 0 Å². The minimum atomic E-state index is -0.0310. The van der Waals surface area contributed by atoms with E-state index in [2.05, 4.69) is 13.2 Å². The molecule has 50 valence electrons. The lowest BCUT2D eigenvalue weighted by Crippen LogP contribution is -2.13. The van der Waals surface area contributed by atoms with Crippen LogP contribution < -0.4 is 0 Å². The molecule has 0 aliphatic carbocycles. The van der Waals surface area contributed by atoms with Gasteiger partial charge in [-0.2, -0.15) is 11.2 Å². The zero-order chi connectivity index (χ0) is 5.98. The smallest absolute Gasteiger partial charge is 0.0670 e. The summed E-state index contributed by atoms with van der Waals surface area (Å²) in [5, 5.41) is 0. The molecule has 1 heterocycles. The van der Waals surface area contributed by atoms with Gasteiger partial charge in [-0.3, -0.25) is 0 Å². The van der Waals surface area contributed by atoms with Crippen LogP contribution in [0.1, 0.15) is 19.8 Å². The van der Waals surface area contributed by atoms with Crippen molar-refractivity contribution >= 4 is 11.2 Å². The standard InChI is InChI=1S/C6H14OS/c1-6-4-3-5-8(2)7-6/h6,8H,3-5H2,1-2H3. The van der Waals surface area contributed by atoms with Crippen LogP contribution in [0.4, 0.5) is 0 Å². The molecule has 1 rings (SSSR count). The molecule has 2 unspecified atom stereocenters. The maximum atomic E-state index is 5.55. The van der Waals surface area contributed by atoms with Crippen LogP contribution >= 0.6 is 11.2 Å². The first kappa shape index (κ1) is 6.43. The van der Waals surface area contributed by atoms with E-state index in [9.17, 15) is 0 Å². The molecule has 2 atom stereocenters. The topological polar surface area (TPSA) is 9.23 Å². The third-order valence-corrected chi connectivity index (χ3v) is 3.11. The van der Waals surface area contributed by atoms with Gasteiger partial charge >= 0.3 is 0 Å². The highest BCUT2D eigenvalue weighted by Gasteiger charge is 2.11. The predicted molar refractivity (Wildman–Crippen MR) is 39.6 cm³/mol. The fourth-order valence-electron chi connectivity index (χ4n) is 1.01. The molecular formula is C6H14OS. The second kappa shape index (κ2) is 2.74. The number of hydrogen-bond acceptors (Lipinski definition) is 1. The van der Waals surface area contributed by atoms with Crippen molar-refractivity contribution < 1.29 is 4.18 Å². The van der Waals surface area contributed by atoms with E-state index >= 15 is 0 Å². The van der Waals surface area contributed by atoms with Gasteiger partial charge < -0.3 is 4.18 Å². The molecule has 0 bridgehead atoms. The quantitative estimate of drug-likeness (QED) is 0.496. The molecule has 1 saturated heterocycles. The Morgan fingerprint density at radius 2 is 2.38 bits per heavy atom. The summed E-state index contributed by atoms with van der Waals surface area (Å²) in [5.74, 6) is 1.32. The number of thiol groups is 1. The highest BCUT2D eigenvalue weighted by atomic mass is 32.2. The van der Waals surface area contributed by atoms with E-state index in [0.717, 1.165) is 0 Å². The van der Waals surface area contributed by atoms with E-state index in [-0.39, 0.29) is 11.2 Å². The molecule has 8 heavy (non-hydrogen) atoms. The van der Waals surface area contributed by atoms with Gasteiger partial charge in [0.25, 0.3) is 0 Å². The minimum absolute atomic E-state index is 0.0310. The number of rotatable bonds is 0. The van der Waals surface area contributed by atoms with Crippen molar-refractivity contribution in [3.8, 4) is 0 Å². The molecule has 0 aromatic rings. The van der Waals surface area contributed by atoms with E-state index in [4.69, 9.17) is 4.18 Å². The zero-order valence-corrected chi connectivity index (χ0v) is 6.45. The van der Waals surface area contributed by atoms with Crippen LogP contribution in [0.2, 0.25) is 0 Å². The van der Waals surface area contributed by atoms with Crippen molar-refractivity contribution in [1.82, 2.24) is 0 Å². The molecule has 0 saturated carbocycles. The summed E-state index contributed by atoms with van der Waals surface area (Å²) < 4.78 is 5.55. The van der Waals surface area contributed by atoms with Gasteiger partial charge in [0.05, 0.1) is 6.10 Å². The Bertz CT molecular complexity index is 66.9. The van der Waals surface area contributed by atoms with Crippen LogP contribution in [-0.2, 0) is 4.18 Å². The lowest BCUT2D eigenvalue weighted by atomic mass is 10.2. The molecule has 1 aliphatic rings.